The van der Waals surface area contributed by atoms with Gasteiger partial charge in [-0.1, -0.05) is 26.0 Å². The standard InChI is InChI=1S/C21H27N3O3/c1-15(2)17-3-5-19(6-4-17)24-11-16(9-22-24)10-23-12-18-13-27-8-7-21(18,14-23)20(25)26/h3-6,9,11,15,18H,7-8,10,12-14H2,1-2H3,(H,25,26)/t18-,21+/m1/s1. The van der Waals surface area contributed by atoms with Crippen LogP contribution in [0.5, 0.6) is 0 Å². The maximum atomic E-state index is 11.9. The Bertz CT molecular complexity index is 814. The number of carboxylic acids is 1. The van der Waals surface area contributed by atoms with E-state index in [1.807, 2.05) is 17.1 Å². The van der Waals surface area contributed by atoms with E-state index in [1.54, 1.807) is 0 Å². The number of carbonyl (C=O) groups is 1. The molecule has 3 heterocycles. The maximum absolute atomic E-state index is 11.9. The fourth-order valence-corrected chi connectivity index (χ4v) is 4.38. The highest BCUT2D eigenvalue weighted by Gasteiger charge is 2.53. The summed E-state index contributed by atoms with van der Waals surface area (Å²) < 4.78 is 7.43. The van der Waals surface area contributed by atoms with Crippen molar-refractivity contribution in [3.05, 3.63) is 47.8 Å². The Kier molecular flexibility index (Phi) is 4.78. The summed E-state index contributed by atoms with van der Waals surface area (Å²) in [5.41, 5.74) is 2.80. The third-order valence-corrected chi connectivity index (χ3v) is 6.07. The average Bonchev–Trinajstić information content (AvgIpc) is 3.26. The smallest absolute Gasteiger partial charge is 0.311 e. The van der Waals surface area contributed by atoms with E-state index in [1.165, 1.54) is 5.56 Å². The van der Waals surface area contributed by atoms with E-state index in [4.69, 9.17) is 4.74 Å². The third-order valence-electron chi connectivity index (χ3n) is 6.07. The van der Waals surface area contributed by atoms with Gasteiger partial charge in [-0.15, -0.1) is 0 Å². The first kappa shape index (κ1) is 18.2. The molecule has 0 amide bonds. The number of fused-ring (bicyclic) bond motifs is 1. The molecule has 144 valence electrons. The lowest BCUT2D eigenvalue weighted by Gasteiger charge is -2.34. The van der Waals surface area contributed by atoms with E-state index in [0.29, 0.717) is 32.1 Å². The zero-order chi connectivity index (χ0) is 19.0. The van der Waals surface area contributed by atoms with E-state index < -0.39 is 11.4 Å². The van der Waals surface area contributed by atoms with Crippen LogP contribution in [0.2, 0.25) is 0 Å². The number of nitrogens with zero attached hydrogens (tertiary/aromatic N) is 3. The fraction of sp³-hybridized carbons (Fsp3) is 0.524. The maximum Gasteiger partial charge on any atom is 0.311 e. The second kappa shape index (κ2) is 7.09. The van der Waals surface area contributed by atoms with Gasteiger partial charge in [0.05, 0.1) is 23.9 Å². The van der Waals surface area contributed by atoms with Crippen molar-refractivity contribution in [1.29, 1.82) is 0 Å². The van der Waals surface area contributed by atoms with Crippen LogP contribution in [-0.2, 0) is 16.1 Å². The van der Waals surface area contributed by atoms with Gasteiger partial charge >= 0.3 is 5.97 Å². The Morgan fingerprint density at radius 2 is 2.15 bits per heavy atom. The summed E-state index contributed by atoms with van der Waals surface area (Å²) in [6.45, 7) is 7.53. The summed E-state index contributed by atoms with van der Waals surface area (Å²) in [7, 11) is 0. The van der Waals surface area contributed by atoms with Gasteiger partial charge in [-0.3, -0.25) is 9.69 Å². The minimum Gasteiger partial charge on any atom is -0.481 e. The summed E-state index contributed by atoms with van der Waals surface area (Å²) >= 11 is 0. The quantitative estimate of drug-likeness (QED) is 0.878. The van der Waals surface area contributed by atoms with Gasteiger partial charge in [0.25, 0.3) is 0 Å². The summed E-state index contributed by atoms with van der Waals surface area (Å²) in [5, 5.41) is 14.3. The van der Waals surface area contributed by atoms with Crippen molar-refractivity contribution in [2.24, 2.45) is 11.3 Å². The summed E-state index contributed by atoms with van der Waals surface area (Å²) in [5.74, 6) is -0.0990. The molecule has 4 rings (SSSR count). The molecule has 2 atom stereocenters. The topological polar surface area (TPSA) is 67.6 Å². The first-order chi connectivity index (χ1) is 13.0. The molecule has 1 aromatic carbocycles. The number of likely N-dealkylation sites (tertiary alicyclic amines) is 1. The number of carboxylic acid groups (broad SMARTS) is 1. The predicted octanol–water partition coefficient (Wildman–Crippen LogP) is 2.92. The lowest BCUT2D eigenvalue weighted by atomic mass is 9.74. The first-order valence-electron chi connectivity index (χ1n) is 9.65. The SMILES string of the molecule is CC(C)c1ccc(-n2cc(CN3C[C@@H]4COCC[C@]4(C(=O)O)C3)cn2)cc1. The molecular weight excluding hydrogens is 342 g/mol. The molecule has 6 heteroatoms. The molecule has 2 aliphatic heterocycles. The lowest BCUT2D eigenvalue weighted by Crippen LogP contribution is -2.44. The van der Waals surface area contributed by atoms with Gasteiger partial charge in [0, 0.05) is 43.9 Å². The van der Waals surface area contributed by atoms with Crippen molar-refractivity contribution in [2.45, 2.75) is 32.7 Å². The molecule has 1 N–H and O–H groups in total. The highest BCUT2D eigenvalue weighted by Crippen LogP contribution is 2.42. The zero-order valence-electron chi connectivity index (χ0n) is 16.0. The summed E-state index contributed by atoms with van der Waals surface area (Å²) in [6.07, 6.45) is 4.52. The lowest BCUT2D eigenvalue weighted by molar-refractivity contribution is -0.157. The summed E-state index contributed by atoms with van der Waals surface area (Å²) in [6, 6.07) is 8.47. The van der Waals surface area contributed by atoms with Gasteiger partial charge in [0.15, 0.2) is 0 Å². The fourth-order valence-electron chi connectivity index (χ4n) is 4.38. The van der Waals surface area contributed by atoms with Crippen LogP contribution < -0.4 is 0 Å². The van der Waals surface area contributed by atoms with E-state index in [2.05, 4.69) is 48.1 Å². The number of aromatic nitrogens is 2. The van der Waals surface area contributed by atoms with Crippen LogP contribution in [0.25, 0.3) is 5.69 Å². The normalized spacial score (nSPS) is 25.7. The molecule has 2 aliphatic rings. The molecule has 0 spiro atoms. The number of rotatable bonds is 5. The molecule has 0 unspecified atom stereocenters. The van der Waals surface area contributed by atoms with E-state index in [-0.39, 0.29) is 5.92 Å². The molecule has 6 nitrogen and oxygen atoms in total. The van der Waals surface area contributed by atoms with Crippen molar-refractivity contribution in [1.82, 2.24) is 14.7 Å². The Morgan fingerprint density at radius 1 is 1.37 bits per heavy atom. The number of ether oxygens (including phenoxy) is 1. The molecule has 2 aromatic rings. The van der Waals surface area contributed by atoms with Crippen molar-refractivity contribution in [2.75, 3.05) is 26.3 Å². The number of hydrogen-bond donors (Lipinski definition) is 1. The van der Waals surface area contributed by atoms with Gasteiger partial charge < -0.3 is 9.84 Å². The monoisotopic (exact) mass is 369 g/mol. The first-order valence-corrected chi connectivity index (χ1v) is 9.65. The molecule has 0 bridgehead atoms. The van der Waals surface area contributed by atoms with Gasteiger partial charge in [0.2, 0.25) is 0 Å². The van der Waals surface area contributed by atoms with Crippen molar-refractivity contribution >= 4 is 5.97 Å². The molecule has 27 heavy (non-hydrogen) atoms. The van der Waals surface area contributed by atoms with Crippen LogP contribution in [0.1, 0.15) is 37.3 Å². The van der Waals surface area contributed by atoms with Crippen LogP contribution in [0.4, 0.5) is 0 Å². The average molecular weight is 369 g/mol. The van der Waals surface area contributed by atoms with E-state index in [9.17, 15) is 9.90 Å². The van der Waals surface area contributed by atoms with Crippen LogP contribution in [0, 0.1) is 11.3 Å². The third kappa shape index (κ3) is 3.39. The van der Waals surface area contributed by atoms with Gasteiger partial charge in [-0.25, -0.2) is 4.68 Å². The van der Waals surface area contributed by atoms with Crippen LogP contribution in [0.3, 0.4) is 0 Å². The van der Waals surface area contributed by atoms with E-state index in [0.717, 1.165) is 24.3 Å². The van der Waals surface area contributed by atoms with E-state index >= 15 is 0 Å². The van der Waals surface area contributed by atoms with Crippen molar-refractivity contribution in [3.8, 4) is 5.69 Å². The highest BCUT2D eigenvalue weighted by atomic mass is 16.5. The number of benzene rings is 1. The molecule has 2 fully saturated rings. The largest absolute Gasteiger partial charge is 0.481 e. The van der Waals surface area contributed by atoms with Crippen LogP contribution in [0.15, 0.2) is 36.7 Å². The second-order valence-corrected chi connectivity index (χ2v) is 8.19. The van der Waals surface area contributed by atoms with Gasteiger partial charge in [-0.05, 0) is 30.0 Å². The highest BCUT2D eigenvalue weighted by molar-refractivity contribution is 5.76. The molecule has 0 saturated carbocycles. The molecule has 1 aromatic heterocycles. The molecule has 0 aliphatic carbocycles. The van der Waals surface area contributed by atoms with Crippen molar-refractivity contribution in [3.63, 3.8) is 0 Å². The number of hydrogen-bond acceptors (Lipinski definition) is 4. The summed E-state index contributed by atoms with van der Waals surface area (Å²) in [4.78, 5) is 14.2. The minimum absolute atomic E-state index is 0.0716. The Hall–Kier alpha value is -2.18. The Balaban J connectivity index is 1.46. The molecule has 2 saturated heterocycles. The van der Waals surface area contributed by atoms with Gasteiger partial charge in [0.1, 0.15) is 0 Å². The van der Waals surface area contributed by atoms with Crippen LogP contribution >= 0.6 is 0 Å². The molecule has 0 radical (unpaired) electrons. The van der Waals surface area contributed by atoms with Gasteiger partial charge in [-0.2, -0.15) is 5.10 Å². The number of aliphatic carboxylic acids is 1. The minimum atomic E-state index is -0.681. The van der Waals surface area contributed by atoms with Crippen molar-refractivity contribution < 1.29 is 14.6 Å². The predicted molar refractivity (Wildman–Crippen MR) is 102 cm³/mol. The zero-order valence-corrected chi connectivity index (χ0v) is 16.0. The Labute approximate surface area is 159 Å². The van der Waals surface area contributed by atoms with Crippen LogP contribution in [-0.4, -0.2) is 52.1 Å². The molecular formula is C21H27N3O3. The Morgan fingerprint density at radius 3 is 2.81 bits per heavy atom. The second-order valence-electron chi connectivity index (χ2n) is 8.19.